The highest BCUT2D eigenvalue weighted by molar-refractivity contribution is 7.16. The van der Waals surface area contributed by atoms with Crippen molar-refractivity contribution in [2.75, 3.05) is 13.1 Å². The fourth-order valence-electron chi connectivity index (χ4n) is 1.82. The predicted molar refractivity (Wildman–Crippen MR) is 74.6 cm³/mol. The molecule has 0 bridgehead atoms. The molecule has 0 radical (unpaired) electrons. The molecule has 0 spiro atoms. The van der Waals surface area contributed by atoms with Gasteiger partial charge >= 0.3 is 0 Å². The number of hydrogen-bond donors (Lipinski definition) is 2. The van der Waals surface area contributed by atoms with Gasteiger partial charge in [-0.2, -0.15) is 0 Å². The minimum Gasteiger partial charge on any atom is -0.354 e. The van der Waals surface area contributed by atoms with Crippen LogP contribution in [-0.4, -0.2) is 31.0 Å². The standard InChI is InChI=1S/C11H13ClF2N2OS.ClH/c12-9-2-1-7(18-9)3-4-15-10(17)8-5-11(13,14)6-16-8;/h1-2,8,16H,3-6H2,(H,15,17);1H. The molecule has 108 valence electrons. The molecule has 2 rings (SSSR count). The third-order valence-electron chi connectivity index (χ3n) is 2.73. The molecule has 1 atom stereocenters. The normalized spacial score (nSPS) is 20.9. The zero-order valence-corrected chi connectivity index (χ0v) is 12.3. The molecule has 0 aliphatic carbocycles. The summed E-state index contributed by atoms with van der Waals surface area (Å²) in [4.78, 5) is 12.7. The van der Waals surface area contributed by atoms with Crippen molar-refractivity contribution in [3.05, 3.63) is 21.3 Å². The van der Waals surface area contributed by atoms with Crippen LogP contribution in [0.3, 0.4) is 0 Å². The van der Waals surface area contributed by atoms with E-state index in [0.717, 1.165) is 4.88 Å². The second-order valence-electron chi connectivity index (χ2n) is 4.24. The van der Waals surface area contributed by atoms with Gasteiger partial charge in [0.25, 0.3) is 5.92 Å². The maximum absolute atomic E-state index is 12.9. The molecule has 1 fully saturated rings. The molecule has 2 heterocycles. The summed E-state index contributed by atoms with van der Waals surface area (Å²) in [6.07, 6.45) is 0.232. The average molecular weight is 331 g/mol. The van der Waals surface area contributed by atoms with Crippen LogP contribution in [-0.2, 0) is 11.2 Å². The molecule has 1 aliphatic rings. The molecule has 1 saturated heterocycles. The summed E-state index contributed by atoms with van der Waals surface area (Å²) in [6, 6.07) is 2.90. The van der Waals surface area contributed by atoms with Crippen molar-refractivity contribution in [1.29, 1.82) is 0 Å². The number of carbonyl (C=O) groups is 1. The van der Waals surface area contributed by atoms with E-state index in [0.29, 0.717) is 17.3 Å². The van der Waals surface area contributed by atoms with E-state index >= 15 is 0 Å². The fraction of sp³-hybridized carbons (Fsp3) is 0.545. The van der Waals surface area contributed by atoms with Gasteiger partial charge in [0.2, 0.25) is 5.91 Å². The average Bonchev–Trinajstić information content (AvgIpc) is 2.85. The van der Waals surface area contributed by atoms with E-state index in [4.69, 9.17) is 11.6 Å². The molecule has 3 nitrogen and oxygen atoms in total. The Kier molecular flexibility index (Phi) is 5.98. The maximum Gasteiger partial charge on any atom is 0.262 e. The quantitative estimate of drug-likeness (QED) is 0.890. The third kappa shape index (κ3) is 4.87. The fourth-order valence-corrected chi connectivity index (χ4v) is 2.91. The van der Waals surface area contributed by atoms with Crippen molar-refractivity contribution in [3.8, 4) is 0 Å². The van der Waals surface area contributed by atoms with Gasteiger partial charge in [-0.3, -0.25) is 10.1 Å². The summed E-state index contributed by atoms with van der Waals surface area (Å²) in [5.41, 5.74) is 0. The number of thiophene rings is 1. The lowest BCUT2D eigenvalue weighted by atomic mass is 10.2. The highest BCUT2D eigenvalue weighted by Crippen LogP contribution is 2.25. The zero-order valence-electron chi connectivity index (χ0n) is 9.92. The first-order chi connectivity index (χ1) is 8.46. The van der Waals surface area contributed by atoms with Crippen LogP contribution in [0.4, 0.5) is 8.78 Å². The van der Waals surface area contributed by atoms with Crippen LogP contribution in [0.15, 0.2) is 12.1 Å². The Bertz CT molecular complexity index is 442. The Balaban J connectivity index is 0.00000180. The van der Waals surface area contributed by atoms with Gasteiger partial charge in [-0.05, 0) is 18.6 Å². The van der Waals surface area contributed by atoms with E-state index in [1.807, 2.05) is 6.07 Å². The zero-order chi connectivity index (χ0) is 13.2. The monoisotopic (exact) mass is 330 g/mol. The topological polar surface area (TPSA) is 41.1 Å². The summed E-state index contributed by atoms with van der Waals surface area (Å²) < 4.78 is 26.5. The smallest absolute Gasteiger partial charge is 0.262 e. The van der Waals surface area contributed by atoms with Gasteiger partial charge in [-0.1, -0.05) is 11.6 Å². The van der Waals surface area contributed by atoms with Gasteiger partial charge in [0, 0.05) is 17.8 Å². The van der Waals surface area contributed by atoms with E-state index < -0.39 is 24.9 Å². The molecule has 0 saturated carbocycles. The van der Waals surface area contributed by atoms with Gasteiger partial charge in [0.1, 0.15) is 0 Å². The van der Waals surface area contributed by atoms with Crippen LogP contribution in [0, 0.1) is 0 Å². The molecule has 8 heteroatoms. The Morgan fingerprint density at radius 1 is 1.58 bits per heavy atom. The van der Waals surface area contributed by atoms with Gasteiger partial charge in [-0.25, -0.2) is 8.78 Å². The van der Waals surface area contributed by atoms with Crippen molar-refractivity contribution in [2.45, 2.75) is 24.8 Å². The molecule has 19 heavy (non-hydrogen) atoms. The van der Waals surface area contributed by atoms with Crippen LogP contribution in [0.25, 0.3) is 0 Å². The maximum atomic E-state index is 12.9. The minimum absolute atomic E-state index is 0. The van der Waals surface area contributed by atoms with Crippen LogP contribution >= 0.6 is 35.3 Å². The summed E-state index contributed by atoms with van der Waals surface area (Å²) >= 11 is 7.22. The molecule has 2 N–H and O–H groups in total. The third-order valence-corrected chi connectivity index (χ3v) is 4.02. The van der Waals surface area contributed by atoms with Crippen molar-refractivity contribution >= 4 is 41.3 Å². The van der Waals surface area contributed by atoms with Crippen molar-refractivity contribution in [3.63, 3.8) is 0 Å². The first-order valence-electron chi connectivity index (χ1n) is 5.59. The summed E-state index contributed by atoms with van der Waals surface area (Å²) in [6.45, 7) is 0.00501. The number of rotatable bonds is 4. The number of amides is 1. The molecular formula is C11H14Cl2F2N2OS. The number of nitrogens with one attached hydrogen (secondary N) is 2. The van der Waals surface area contributed by atoms with Gasteiger partial charge in [-0.15, -0.1) is 23.7 Å². The van der Waals surface area contributed by atoms with Gasteiger partial charge in [0.15, 0.2) is 0 Å². The molecular weight excluding hydrogens is 317 g/mol. The highest BCUT2D eigenvalue weighted by atomic mass is 35.5. The lowest BCUT2D eigenvalue weighted by molar-refractivity contribution is -0.123. The molecule has 1 aromatic rings. The van der Waals surface area contributed by atoms with Crippen LogP contribution in [0.1, 0.15) is 11.3 Å². The molecule has 0 aromatic carbocycles. The summed E-state index contributed by atoms with van der Waals surface area (Å²) in [5, 5.41) is 5.17. The van der Waals surface area contributed by atoms with E-state index in [2.05, 4.69) is 10.6 Å². The van der Waals surface area contributed by atoms with E-state index in [1.165, 1.54) is 11.3 Å². The number of halogens is 4. The molecule has 1 unspecified atom stereocenters. The van der Waals surface area contributed by atoms with Gasteiger partial charge in [0.05, 0.1) is 16.9 Å². The first-order valence-corrected chi connectivity index (χ1v) is 6.79. The Labute approximate surface area is 125 Å². The molecule has 1 amide bonds. The van der Waals surface area contributed by atoms with E-state index in [9.17, 15) is 13.6 Å². The number of hydrogen-bond acceptors (Lipinski definition) is 3. The van der Waals surface area contributed by atoms with E-state index in [-0.39, 0.29) is 18.3 Å². The number of carbonyl (C=O) groups excluding carboxylic acids is 1. The minimum atomic E-state index is -2.77. The van der Waals surface area contributed by atoms with Crippen molar-refractivity contribution in [2.24, 2.45) is 0 Å². The molecule has 1 aliphatic heterocycles. The predicted octanol–water partition coefficient (Wildman–Crippen LogP) is 2.48. The van der Waals surface area contributed by atoms with Crippen molar-refractivity contribution in [1.82, 2.24) is 10.6 Å². The SMILES string of the molecule is Cl.O=C(NCCc1ccc(Cl)s1)C1CC(F)(F)CN1. The van der Waals surface area contributed by atoms with Crippen LogP contribution in [0.2, 0.25) is 4.34 Å². The lowest BCUT2D eigenvalue weighted by Gasteiger charge is -2.10. The second-order valence-corrected chi connectivity index (χ2v) is 6.04. The first kappa shape index (κ1) is 16.6. The summed E-state index contributed by atoms with van der Waals surface area (Å²) in [5.74, 6) is -3.14. The Morgan fingerprint density at radius 3 is 2.84 bits per heavy atom. The van der Waals surface area contributed by atoms with Gasteiger partial charge < -0.3 is 5.32 Å². The van der Waals surface area contributed by atoms with Crippen LogP contribution in [0.5, 0.6) is 0 Å². The number of alkyl halides is 2. The Hall–Kier alpha value is -0.430. The van der Waals surface area contributed by atoms with E-state index in [1.54, 1.807) is 6.07 Å². The summed E-state index contributed by atoms with van der Waals surface area (Å²) in [7, 11) is 0. The molecule has 1 aromatic heterocycles. The van der Waals surface area contributed by atoms with Crippen LogP contribution < -0.4 is 10.6 Å². The largest absolute Gasteiger partial charge is 0.354 e. The second kappa shape index (κ2) is 6.83. The Morgan fingerprint density at radius 2 is 2.32 bits per heavy atom. The highest BCUT2D eigenvalue weighted by Gasteiger charge is 2.42. The lowest BCUT2D eigenvalue weighted by Crippen LogP contribution is -2.41. The van der Waals surface area contributed by atoms with Crippen molar-refractivity contribution < 1.29 is 13.6 Å².